The molecule has 80 valence electrons. The third kappa shape index (κ3) is 11.9. The molecule has 0 saturated carbocycles. The molecule has 0 radical (unpaired) electrons. The van der Waals surface area contributed by atoms with E-state index in [1.165, 1.54) is 45.1 Å². The second-order valence-electron chi connectivity index (χ2n) is 3.59. The summed E-state index contributed by atoms with van der Waals surface area (Å²) in [5, 5.41) is 12.0. The van der Waals surface area contributed by atoms with Crippen LogP contribution in [0, 0.1) is 0 Å². The molecule has 0 aromatic heterocycles. The van der Waals surface area contributed by atoms with Gasteiger partial charge >= 0.3 is 0 Å². The van der Waals surface area contributed by atoms with Crippen molar-refractivity contribution in [3.05, 3.63) is 0 Å². The van der Waals surface area contributed by atoms with E-state index in [4.69, 9.17) is 5.11 Å². The second kappa shape index (κ2) is 11.9. The Morgan fingerprint density at radius 2 is 1.46 bits per heavy atom. The third-order valence-electron chi connectivity index (χ3n) is 2.22. The van der Waals surface area contributed by atoms with E-state index >= 15 is 0 Å². The fourth-order valence-corrected chi connectivity index (χ4v) is 1.34. The molecule has 0 aromatic rings. The summed E-state index contributed by atoms with van der Waals surface area (Å²) in [5.41, 5.74) is 0. The number of nitrogens with one attached hydrogen (secondary N) is 1. The van der Waals surface area contributed by atoms with Gasteiger partial charge in [-0.3, -0.25) is 0 Å². The molecule has 0 unspecified atom stereocenters. The summed E-state index contributed by atoms with van der Waals surface area (Å²) in [6, 6.07) is 0. The highest BCUT2D eigenvalue weighted by atomic mass is 16.2. The summed E-state index contributed by atoms with van der Waals surface area (Å²) >= 11 is 0. The molecular formula is C11H25NO. The van der Waals surface area contributed by atoms with Crippen molar-refractivity contribution in [3.63, 3.8) is 0 Å². The van der Waals surface area contributed by atoms with Crippen molar-refractivity contribution in [1.82, 2.24) is 5.32 Å². The number of aliphatic hydroxyl groups is 1. The van der Waals surface area contributed by atoms with Gasteiger partial charge in [0.15, 0.2) is 0 Å². The zero-order valence-corrected chi connectivity index (χ0v) is 9.02. The van der Waals surface area contributed by atoms with Crippen molar-refractivity contribution in [2.24, 2.45) is 0 Å². The topological polar surface area (TPSA) is 32.3 Å². The van der Waals surface area contributed by atoms with E-state index in [-0.39, 0.29) is 0 Å². The van der Waals surface area contributed by atoms with Gasteiger partial charge in [0.05, 0.1) is 0 Å². The summed E-state index contributed by atoms with van der Waals surface area (Å²) < 4.78 is 0. The van der Waals surface area contributed by atoms with Gasteiger partial charge < -0.3 is 10.4 Å². The van der Waals surface area contributed by atoms with Gasteiger partial charge in [-0.05, 0) is 32.4 Å². The predicted molar refractivity (Wildman–Crippen MR) is 57.9 cm³/mol. The highest BCUT2D eigenvalue weighted by molar-refractivity contribution is 4.49. The van der Waals surface area contributed by atoms with E-state index in [1.54, 1.807) is 0 Å². The maximum Gasteiger partial charge on any atom is 0.0431 e. The first kappa shape index (κ1) is 12.9. The quantitative estimate of drug-likeness (QED) is 0.514. The summed E-state index contributed by atoms with van der Waals surface area (Å²) in [5.74, 6) is 0. The average molecular weight is 187 g/mol. The van der Waals surface area contributed by atoms with Crippen LogP contribution in [0.1, 0.15) is 51.9 Å². The Morgan fingerprint density at radius 1 is 0.846 bits per heavy atom. The van der Waals surface area contributed by atoms with E-state index < -0.39 is 0 Å². The molecule has 0 aromatic carbocycles. The van der Waals surface area contributed by atoms with Crippen LogP contribution in [0.2, 0.25) is 0 Å². The Bertz CT molecular complexity index is 76.2. The monoisotopic (exact) mass is 187 g/mol. The summed E-state index contributed by atoms with van der Waals surface area (Å²) in [4.78, 5) is 0. The summed E-state index contributed by atoms with van der Waals surface area (Å²) in [6.45, 7) is 4.90. The molecule has 0 aliphatic heterocycles. The lowest BCUT2D eigenvalue weighted by Crippen LogP contribution is -2.16. The van der Waals surface area contributed by atoms with Gasteiger partial charge in [0.2, 0.25) is 0 Å². The Hall–Kier alpha value is -0.0800. The van der Waals surface area contributed by atoms with Crippen molar-refractivity contribution in [2.75, 3.05) is 19.7 Å². The number of hydrogen-bond acceptors (Lipinski definition) is 2. The van der Waals surface area contributed by atoms with Gasteiger partial charge in [0, 0.05) is 6.61 Å². The molecule has 0 spiro atoms. The van der Waals surface area contributed by atoms with E-state index in [0.29, 0.717) is 6.61 Å². The smallest absolute Gasteiger partial charge is 0.0431 e. The van der Waals surface area contributed by atoms with Gasteiger partial charge in [0.1, 0.15) is 0 Å². The first-order valence-corrected chi connectivity index (χ1v) is 5.73. The zero-order chi connectivity index (χ0) is 9.78. The summed E-state index contributed by atoms with van der Waals surface area (Å²) in [6.07, 6.45) is 8.61. The van der Waals surface area contributed by atoms with Crippen molar-refractivity contribution in [3.8, 4) is 0 Å². The molecule has 2 nitrogen and oxygen atoms in total. The lowest BCUT2D eigenvalue weighted by molar-refractivity contribution is 0.282. The molecule has 0 amide bonds. The first-order valence-electron chi connectivity index (χ1n) is 5.73. The lowest BCUT2D eigenvalue weighted by atomic mass is 10.2. The van der Waals surface area contributed by atoms with E-state index in [2.05, 4.69) is 12.2 Å². The fourth-order valence-electron chi connectivity index (χ4n) is 1.34. The van der Waals surface area contributed by atoms with Gasteiger partial charge in [-0.15, -0.1) is 0 Å². The lowest BCUT2D eigenvalue weighted by Gasteiger charge is -2.03. The minimum absolute atomic E-state index is 0.351. The van der Waals surface area contributed by atoms with Crippen molar-refractivity contribution >= 4 is 0 Å². The molecule has 0 aliphatic carbocycles. The number of hydrogen-bond donors (Lipinski definition) is 2. The Labute approximate surface area is 82.7 Å². The number of aliphatic hydroxyl groups excluding tert-OH is 1. The van der Waals surface area contributed by atoms with Crippen LogP contribution in [-0.4, -0.2) is 24.8 Å². The standard InChI is InChI=1S/C11H25NO/c1-2-3-6-9-12-10-7-4-5-8-11-13/h12-13H,2-11H2,1H3. The van der Waals surface area contributed by atoms with Crippen LogP contribution < -0.4 is 5.32 Å². The average Bonchev–Trinajstić information content (AvgIpc) is 2.16. The van der Waals surface area contributed by atoms with E-state index in [0.717, 1.165) is 13.0 Å². The fraction of sp³-hybridized carbons (Fsp3) is 1.00. The maximum absolute atomic E-state index is 8.55. The predicted octanol–water partition coefficient (Wildman–Crippen LogP) is 2.32. The first-order chi connectivity index (χ1) is 6.41. The molecule has 0 fully saturated rings. The summed E-state index contributed by atoms with van der Waals surface area (Å²) in [7, 11) is 0. The van der Waals surface area contributed by atoms with Crippen LogP contribution >= 0.6 is 0 Å². The van der Waals surface area contributed by atoms with Crippen LogP contribution in [0.5, 0.6) is 0 Å². The zero-order valence-electron chi connectivity index (χ0n) is 9.02. The molecule has 0 aliphatic rings. The van der Waals surface area contributed by atoms with Crippen LogP contribution in [0.25, 0.3) is 0 Å². The van der Waals surface area contributed by atoms with Crippen molar-refractivity contribution in [1.29, 1.82) is 0 Å². The minimum Gasteiger partial charge on any atom is -0.396 e. The third-order valence-corrected chi connectivity index (χ3v) is 2.22. The highest BCUT2D eigenvalue weighted by Gasteiger charge is 1.89. The van der Waals surface area contributed by atoms with Crippen LogP contribution in [-0.2, 0) is 0 Å². The van der Waals surface area contributed by atoms with Crippen LogP contribution in [0.4, 0.5) is 0 Å². The minimum atomic E-state index is 0.351. The molecule has 0 atom stereocenters. The van der Waals surface area contributed by atoms with Gasteiger partial charge in [-0.2, -0.15) is 0 Å². The molecule has 0 rings (SSSR count). The normalized spacial score (nSPS) is 10.6. The Kier molecular flexibility index (Phi) is 11.8. The van der Waals surface area contributed by atoms with Crippen molar-refractivity contribution in [2.45, 2.75) is 51.9 Å². The second-order valence-corrected chi connectivity index (χ2v) is 3.59. The highest BCUT2D eigenvalue weighted by Crippen LogP contribution is 1.97. The van der Waals surface area contributed by atoms with Gasteiger partial charge in [-0.1, -0.05) is 32.6 Å². The molecule has 0 heterocycles. The Balaban J connectivity index is 2.76. The van der Waals surface area contributed by atoms with Gasteiger partial charge in [0.25, 0.3) is 0 Å². The molecule has 2 N–H and O–H groups in total. The molecular weight excluding hydrogens is 162 g/mol. The van der Waals surface area contributed by atoms with Crippen LogP contribution in [0.15, 0.2) is 0 Å². The van der Waals surface area contributed by atoms with Crippen LogP contribution in [0.3, 0.4) is 0 Å². The molecule has 13 heavy (non-hydrogen) atoms. The largest absolute Gasteiger partial charge is 0.396 e. The SMILES string of the molecule is CCCCCNCCCCCCO. The van der Waals surface area contributed by atoms with E-state index in [1.807, 2.05) is 0 Å². The van der Waals surface area contributed by atoms with Gasteiger partial charge in [-0.25, -0.2) is 0 Å². The maximum atomic E-state index is 8.55. The molecule has 2 heteroatoms. The van der Waals surface area contributed by atoms with Crippen molar-refractivity contribution < 1.29 is 5.11 Å². The molecule has 0 saturated heterocycles. The molecule has 0 bridgehead atoms. The Morgan fingerprint density at radius 3 is 2.08 bits per heavy atom. The number of unbranched alkanes of at least 4 members (excludes halogenated alkanes) is 5. The number of rotatable bonds is 10. The van der Waals surface area contributed by atoms with E-state index in [9.17, 15) is 0 Å².